The maximum Gasteiger partial charge on any atom is 0.415 e. The summed E-state index contributed by atoms with van der Waals surface area (Å²) < 4.78 is 5.37. The molecule has 3 aliphatic rings. The van der Waals surface area contributed by atoms with Crippen LogP contribution in [0.15, 0.2) is 24.5 Å². The van der Waals surface area contributed by atoms with E-state index >= 15 is 0 Å². The van der Waals surface area contributed by atoms with Crippen LogP contribution in [-0.2, 0) is 0 Å². The van der Waals surface area contributed by atoms with Gasteiger partial charge in [0.1, 0.15) is 0 Å². The zero-order chi connectivity index (χ0) is 12.4. The number of ether oxygens (including phenoxy) is 1. The average Bonchev–Trinajstić information content (AvgIpc) is 2.73. The minimum Gasteiger partial charge on any atom is -0.409 e. The average molecular weight is 247 g/mol. The van der Waals surface area contributed by atoms with Crippen LogP contribution >= 0.6 is 0 Å². The van der Waals surface area contributed by atoms with E-state index in [9.17, 15) is 4.79 Å². The first-order chi connectivity index (χ1) is 8.83. The van der Waals surface area contributed by atoms with Crippen LogP contribution in [0.2, 0.25) is 0 Å². The Morgan fingerprint density at radius 2 is 2.11 bits per heavy atom. The third-order valence-electron chi connectivity index (χ3n) is 3.73. The van der Waals surface area contributed by atoms with Crippen molar-refractivity contribution in [2.24, 2.45) is 0 Å². The highest BCUT2D eigenvalue weighted by Gasteiger charge is 2.32. The van der Waals surface area contributed by atoms with Crippen molar-refractivity contribution in [2.75, 3.05) is 26.2 Å². The number of aromatic nitrogens is 1. The first-order valence-electron chi connectivity index (χ1n) is 6.44. The van der Waals surface area contributed by atoms with Crippen LogP contribution in [0.3, 0.4) is 0 Å². The highest BCUT2D eigenvalue weighted by molar-refractivity contribution is 5.71. The molecule has 0 atom stereocenters. The number of pyridine rings is 1. The lowest BCUT2D eigenvalue weighted by Gasteiger charge is -2.30. The highest BCUT2D eigenvalue weighted by Crippen LogP contribution is 2.22. The lowest BCUT2D eigenvalue weighted by atomic mass is 10.1. The minimum atomic E-state index is -0.239. The quantitative estimate of drug-likeness (QED) is 0.751. The van der Waals surface area contributed by atoms with Crippen LogP contribution in [0, 0.1) is 0 Å². The maximum absolute atomic E-state index is 12.2. The monoisotopic (exact) mass is 247 g/mol. The van der Waals surface area contributed by atoms with E-state index in [1.54, 1.807) is 24.5 Å². The van der Waals surface area contributed by atoms with E-state index in [0.717, 1.165) is 39.0 Å². The van der Waals surface area contributed by atoms with Crippen molar-refractivity contribution < 1.29 is 9.53 Å². The standard InChI is InChI=1S/C13H17N3O2/c17-13(18-12-2-1-5-14-10-12)16-9-8-15-6-3-11(16)4-7-15/h1-2,5,10-11H,3-4,6-9H2. The molecule has 0 aliphatic carbocycles. The molecule has 0 radical (unpaired) electrons. The fraction of sp³-hybridized carbons (Fsp3) is 0.538. The van der Waals surface area contributed by atoms with Gasteiger partial charge in [-0.2, -0.15) is 0 Å². The van der Waals surface area contributed by atoms with E-state index in [4.69, 9.17) is 4.74 Å². The van der Waals surface area contributed by atoms with Gasteiger partial charge in [-0.05, 0) is 25.0 Å². The molecule has 0 N–H and O–H groups in total. The van der Waals surface area contributed by atoms with Crippen LogP contribution in [-0.4, -0.2) is 53.1 Å². The fourth-order valence-electron chi connectivity index (χ4n) is 2.69. The number of carbonyl (C=O) groups is 1. The second-order valence-electron chi connectivity index (χ2n) is 4.82. The summed E-state index contributed by atoms with van der Waals surface area (Å²) in [6, 6.07) is 3.86. The molecule has 1 aromatic heterocycles. The number of piperidine rings is 1. The molecule has 18 heavy (non-hydrogen) atoms. The summed E-state index contributed by atoms with van der Waals surface area (Å²) in [7, 11) is 0. The summed E-state index contributed by atoms with van der Waals surface area (Å²) in [5.74, 6) is 0.515. The van der Waals surface area contributed by atoms with Crippen LogP contribution in [0.4, 0.5) is 4.79 Å². The summed E-state index contributed by atoms with van der Waals surface area (Å²) >= 11 is 0. The maximum atomic E-state index is 12.2. The molecule has 0 aromatic carbocycles. The van der Waals surface area contributed by atoms with E-state index in [-0.39, 0.29) is 6.09 Å². The zero-order valence-corrected chi connectivity index (χ0v) is 10.3. The Bertz CT molecular complexity index is 416. The first kappa shape index (κ1) is 11.5. The van der Waals surface area contributed by atoms with E-state index in [0.29, 0.717) is 11.8 Å². The molecular weight excluding hydrogens is 230 g/mol. The summed E-state index contributed by atoms with van der Waals surface area (Å²) in [6.07, 6.45) is 5.11. The molecular formula is C13H17N3O2. The van der Waals surface area contributed by atoms with Crippen molar-refractivity contribution in [3.8, 4) is 5.75 Å². The third kappa shape index (κ3) is 2.31. The Labute approximate surface area is 106 Å². The normalized spacial score (nSPS) is 26.8. The third-order valence-corrected chi connectivity index (χ3v) is 3.73. The molecule has 0 spiro atoms. The molecule has 3 aliphatic heterocycles. The molecule has 2 bridgehead atoms. The van der Waals surface area contributed by atoms with Gasteiger partial charge < -0.3 is 14.5 Å². The first-order valence-corrected chi connectivity index (χ1v) is 6.44. The number of fused-ring (bicyclic) bond motifs is 4. The van der Waals surface area contributed by atoms with E-state index < -0.39 is 0 Å². The Balaban J connectivity index is 1.68. The van der Waals surface area contributed by atoms with Crippen molar-refractivity contribution in [1.29, 1.82) is 0 Å². The second kappa shape index (κ2) is 4.94. The predicted molar refractivity (Wildman–Crippen MR) is 66.4 cm³/mol. The van der Waals surface area contributed by atoms with E-state index in [1.807, 2.05) is 4.90 Å². The molecule has 0 saturated carbocycles. The Morgan fingerprint density at radius 1 is 1.28 bits per heavy atom. The highest BCUT2D eigenvalue weighted by atomic mass is 16.6. The van der Waals surface area contributed by atoms with Crippen molar-refractivity contribution in [2.45, 2.75) is 18.9 Å². The predicted octanol–water partition coefficient (Wildman–Crippen LogP) is 1.36. The Kier molecular flexibility index (Phi) is 3.15. The number of carbonyl (C=O) groups excluding carboxylic acids is 1. The number of hydrogen-bond donors (Lipinski definition) is 0. The second-order valence-corrected chi connectivity index (χ2v) is 4.82. The largest absolute Gasteiger partial charge is 0.415 e. The SMILES string of the molecule is O=C(Oc1cccnc1)N1CCN2CCC1CC2. The molecule has 4 heterocycles. The van der Waals surface area contributed by atoms with Crippen LogP contribution in [0.1, 0.15) is 12.8 Å². The van der Waals surface area contributed by atoms with Gasteiger partial charge >= 0.3 is 6.09 Å². The molecule has 1 aromatic rings. The van der Waals surface area contributed by atoms with Gasteiger partial charge in [0.15, 0.2) is 5.75 Å². The number of hydrogen-bond acceptors (Lipinski definition) is 4. The molecule has 3 saturated heterocycles. The van der Waals surface area contributed by atoms with Gasteiger partial charge in [0.2, 0.25) is 0 Å². The summed E-state index contributed by atoms with van der Waals surface area (Å²) in [5, 5.41) is 0. The Morgan fingerprint density at radius 3 is 2.83 bits per heavy atom. The topological polar surface area (TPSA) is 45.7 Å². The van der Waals surface area contributed by atoms with Crippen molar-refractivity contribution >= 4 is 6.09 Å². The van der Waals surface area contributed by atoms with E-state index in [2.05, 4.69) is 9.88 Å². The van der Waals surface area contributed by atoms with Crippen molar-refractivity contribution in [3.63, 3.8) is 0 Å². The van der Waals surface area contributed by atoms with Gasteiger partial charge in [0, 0.05) is 38.4 Å². The van der Waals surface area contributed by atoms with Crippen molar-refractivity contribution in [3.05, 3.63) is 24.5 Å². The van der Waals surface area contributed by atoms with Gasteiger partial charge in [-0.3, -0.25) is 4.98 Å². The van der Waals surface area contributed by atoms with Gasteiger partial charge in [-0.25, -0.2) is 4.79 Å². The lowest BCUT2D eigenvalue weighted by molar-refractivity contribution is 0.130. The van der Waals surface area contributed by atoms with Gasteiger partial charge in [0.05, 0.1) is 6.20 Å². The molecule has 4 rings (SSSR count). The molecule has 3 fully saturated rings. The van der Waals surface area contributed by atoms with Crippen LogP contribution in [0.5, 0.6) is 5.75 Å². The number of nitrogens with zero attached hydrogens (tertiary/aromatic N) is 3. The van der Waals surface area contributed by atoms with Gasteiger partial charge in [-0.15, -0.1) is 0 Å². The summed E-state index contributed by atoms with van der Waals surface area (Å²) in [5.41, 5.74) is 0. The minimum absolute atomic E-state index is 0.239. The molecule has 5 heteroatoms. The van der Waals surface area contributed by atoms with Gasteiger partial charge in [-0.1, -0.05) is 0 Å². The number of rotatable bonds is 1. The molecule has 5 nitrogen and oxygen atoms in total. The zero-order valence-electron chi connectivity index (χ0n) is 10.3. The molecule has 96 valence electrons. The molecule has 1 amide bonds. The van der Waals surface area contributed by atoms with Gasteiger partial charge in [0.25, 0.3) is 0 Å². The lowest BCUT2D eigenvalue weighted by Crippen LogP contribution is -2.43. The fourth-order valence-corrected chi connectivity index (χ4v) is 2.69. The summed E-state index contributed by atoms with van der Waals surface area (Å²) in [6.45, 7) is 3.92. The molecule has 0 unspecified atom stereocenters. The summed E-state index contributed by atoms with van der Waals surface area (Å²) in [4.78, 5) is 20.4. The smallest absolute Gasteiger partial charge is 0.409 e. The van der Waals surface area contributed by atoms with Crippen molar-refractivity contribution in [1.82, 2.24) is 14.8 Å². The van der Waals surface area contributed by atoms with E-state index in [1.165, 1.54) is 0 Å². The van der Waals surface area contributed by atoms with Crippen LogP contribution < -0.4 is 4.74 Å². The number of amides is 1. The Hall–Kier alpha value is -1.62. The van der Waals surface area contributed by atoms with Crippen LogP contribution in [0.25, 0.3) is 0 Å².